The molecule has 0 aromatic heterocycles. The normalized spacial score (nSPS) is 12.7. The molecule has 1 aliphatic rings. The van der Waals surface area contributed by atoms with Crippen LogP contribution in [-0.2, 0) is 14.8 Å². The van der Waals surface area contributed by atoms with Crippen LogP contribution in [-0.4, -0.2) is 45.1 Å². The summed E-state index contributed by atoms with van der Waals surface area (Å²) in [7, 11) is -3.57. The van der Waals surface area contributed by atoms with Gasteiger partial charge < -0.3 is 19.5 Å². The Bertz CT molecular complexity index is 1000. The quantitative estimate of drug-likeness (QED) is 0.512. The molecule has 1 amide bonds. The number of fused-ring (bicyclic) bond motifs is 1. The summed E-state index contributed by atoms with van der Waals surface area (Å²) in [6, 6.07) is 11.3. The highest BCUT2D eigenvalue weighted by Crippen LogP contribution is 2.35. The number of ether oxygens (including phenoxy) is 3. The first-order valence-corrected chi connectivity index (χ1v) is 12.3. The maximum atomic E-state index is 13.0. The summed E-state index contributed by atoms with van der Waals surface area (Å²) in [5.74, 6) is 1.35. The molecule has 2 aromatic rings. The number of nitrogens with zero attached hydrogens (tertiary/aromatic N) is 1. The van der Waals surface area contributed by atoms with Crippen LogP contribution in [0.3, 0.4) is 0 Å². The van der Waals surface area contributed by atoms with Crippen molar-refractivity contribution in [2.24, 2.45) is 0 Å². The van der Waals surface area contributed by atoms with Crippen molar-refractivity contribution in [3.63, 3.8) is 0 Å². The molecule has 9 heteroatoms. The Labute approximate surface area is 189 Å². The predicted octanol–water partition coefficient (Wildman–Crippen LogP) is 4.02. The number of nitrogens with one attached hydrogen (secondary N) is 1. The zero-order valence-corrected chi connectivity index (χ0v) is 19.3. The molecule has 0 unspecified atom stereocenters. The van der Waals surface area contributed by atoms with E-state index in [1.54, 1.807) is 34.6 Å². The van der Waals surface area contributed by atoms with Gasteiger partial charge in [-0.2, -0.15) is 4.31 Å². The van der Waals surface area contributed by atoms with Gasteiger partial charge in [0.1, 0.15) is 5.75 Å². The van der Waals surface area contributed by atoms with Gasteiger partial charge >= 0.3 is 0 Å². The number of anilines is 1. The highest BCUT2D eigenvalue weighted by Gasteiger charge is 2.23. The van der Waals surface area contributed by atoms with Gasteiger partial charge in [-0.3, -0.25) is 4.79 Å². The van der Waals surface area contributed by atoms with Crippen molar-refractivity contribution in [1.29, 1.82) is 0 Å². The van der Waals surface area contributed by atoms with Crippen molar-refractivity contribution < 1.29 is 27.4 Å². The molecule has 3 rings (SSSR count). The number of unbranched alkanes of at least 4 members (excludes halogenated alkanes) is 2. The van der Waals surface area contributed by atoms with E-state index in [1.165, 1.54) is 12.1 Å². The minimum absolute atomic E-state index is 0.167. The smallest absolute Gasteiger partial charge is 0.262 e. The summed E-state index contributed by atoms with van der Waals surface area (Å²) in [6.45, 7) is 5.07. The lowest BCUT2D eigenvalue weighted by atomic mass is 10.3. The Morgan fingerprint density at radius 1 is 1.00 bits per heavy atom. The average molecular weight is 463 g/mol. The van der Waals surface area contributed by atoms with Gasteiger partial charge in [0.05, 0.1) is 4.90 Å². The first-order chi connectivity index (χ1) is 15.4. The second-order valence-electron chi connectivity index (χ2n) is 7.49. The lowest BCUT2D eigenvalue weighted by molar-refractivity contribution is -0.118. The van der Waals surface area contributed by atoms with Crippen molar-refractivity contribution >= 4 is 21.6 Å². The zero-order valence-electron chi connectivity index (χ0n) is 18.5. The fraction of sp³-hybridized carbons (Fsp3) is 0.435. The Balaban J connectivity index is 1.57. The van der Waals surface area contributed by atoms with E-state index in [-0.39, 0.29) is 24.2 Å². The van der Waals surface area contributed by atoms with Crippen LogP contribution in [0.4, 0.5) is 5.69 Å². The summed E-state index contributed by atoms with van der Waals surface area (Å²) in [5.41, 5.74) is 0.497. The second kappa shape index (κ2) is 11.2. The molecule has 2 aromatic carbocycles. The number of sulfonamides is 1. The van der Waals surface area contributed by atoms with E-state index in [0.717, 1.165) is 25.7 Å². The van der Waals surface area contributed by atoms with Crippen LogP contribution >= 0.6 is 0 Å². The topological polar surface area (TPSA) is 94.2 Å². The Hall–Kier alpha value is -2.78. The Morgan fingerprint density at radius 3 is 2.31 bits per heavy atom. The lowest BCUT2D eigenvalue weighted by Gasteiger charge is -2.22. The first kappa shape index (κ1) is 23.9. The van der Waals surface area contributed by atoms with Crippen LogP contribution in [0.15, 0.2) is 47.4 Å². The van der Waals surface area contributed by atoms with Gasteiger partial charge in [0.2, 0.25) is 16.8 Å². The number of carbonyl (C=O) groups is 1. The third-order valence-electron chi connectivity index (χ3n) is 5.01. The van der Waals surface area contributed by atoms with Crippen LogP contribution in [0.2, 0.25) is 0 Å². The number of hydrogen-bond donors (Lipinski definition) is 1. The molecule has 0 atom stereocenters. The standard InChI is InChI=1S/C23H30N2O6S/c1-3-5-13-25(14-6-4-2)32(27,28)20-10-7-18(8-11-20)24-23(26)16-29-19-9-12-21-22(15-19)31-17-30-21/h7-12,15H,3-6,13-14,16-17H2,1-2H3,(H,24,26). The summed E-state index contributed by atoms with van der Waals surface area (Å²) >= 11 is 0. The molecule has 0 fully saturated rings. The summed E-state index contributed by atoms with van der Waals surface area (Å²) in [6.07, 6.45) is 3.50. The van der Waals surface area contributed by atoms with Gasteiger partial charge in [-0.25, -0.2) is 8.42 Å². The SMILES string of the molecule is CCCCN(CCCC)S(=O)(=O)c1ccc(NC(=O)COc2ccc3c(c2)OCO3)cc1. The van der Waals surface area contributed by atoms with Crippen molar-refractivity contribution in [1.82, 2.24) is 4.31 Å². The van der Waals surface area contributed by atoms with Crippen LogP contribution in [0.1, 0.15) is 39.5 Å². The van der Waals surface area contributed by atoms with E-state index >= 15 is 0 Å². The van der Waals surface area contributed by atoms with Gasteiger partial charge in [0.25, 0.3) is 5.91 Å². The van der Waals surface area contributed by atoms with Gasteiger partial charge in [-0.15, -0.1) is 0 Å². The molecule has 1 N–H and O–H groups in total. The first-order valence-electron chi connectivity index (χ1n) is 10.9. The van der Waals surface area contributed by atoms with E-state index in [1.807, 2.05) is 13.8 Å². The minimum Gasteiger partial charge on any atom is -0.484 e. The summed E-state index contributed by atoms with van der Waals surface area (Å²) in [5, 5.41) is 2.71. The fourth-order valence-electron chi connectivity index (χ4n) is 3.19. The summed E-state index contributed by atoms with van der Waals surface area (Å²) in [4.78, 5) is 12.4. The van der Waals surface area contributed by atoms with Crippen LogP contribution in [0, 0.1) is 0 Å². The van der Waals surface area contributed by atoms with Crippen molar-refractivity contribution in [3.8, 4) is 17.2 Å². The molecular formula is C23H30N2O6S. The Morgan fingerprint density at radius 2 is 1.66 bits per heavy atom. The van der Waals surface area contributed by atoms with Gasteiger partial charge in [-0.1, -0.05) is 26.7 Å². The van der Waals surface area contributed by atoms with E-state index < -0.39 is 10.0 Å². The fourth-order valence-corrected chi connectivity index (χ4v) is 4.71. The Kier molecular flexibility index (Phi) is 8.35. The highest BCUT2D eigenvalue weighted by molar-refractivity contribution is 7.89. The number of carbonyl (C=O) groups excluding carboxylic acids is 1. The molecule has 0 saturated heterocycles. The van der Waals surface area contributed by atoms with E-state index in [4.69, 9.17) is 14.2 Å². The molecule has 32 heavy (non-hydrogen) atoms. The lowest BCUT2D eigenvalue weighted by Crippen LogP contribution is -2.33. The minimum atomic E-state index is -3.57. The molecule has 1 heterocycles. The van der Waals surface area contributed by atoms with Crippen LogP contribution < -0.4 is 19.5 Å². The maximum absolute atomic E-state index is 13.0. The predicted molar refractivity (Wildman–Crippen MR) is 122 cm³/mol. The number of amides is 1. The third kappa shape index (κ3) is 6.14. The second-order valence-corrected chi connectivity index (χ2v) is 9.43. The van der Waals surface area contributed by atoms with Crippen molar-refractivity contribution in [2.45, 2.75) is 44.4 Å². The molecule has 0 radical (unpaired) electrons. The third-order valence-corrected chi connectivity index (χ3v) is 6.92. The van der Waals surface area contributed by atoms with Crippen molar-refractivity contribution in [2.75, 3.05) is 31.8 Å². The van der Waals surface area contributed by atoms with E-state index in [2.05, 4.69) is 5.32 Å². The molecular weight excluding hydrogens is 432 g/mol. The van der Waals surface area contributed by atoms with E-state index in [0.29, 0.717) is 36.0 Å². The van der Waals surface area contributed by atoms with Crippen molar-refractivity contribution in [3.05, 3.63) is 42.5 Å². The average Bonchev–Trinajstić information content (AvgIpc) is 3.26. The highest BCUT2D eigenvalue weighted by atomic mass is 32.2. The molecule has 0 spiro atoms. The number of benzene rings is 2. The largest absolute Gasteiger partial charge is 0.484 e. The number of hydrogen-bond acceptors (Lipinski definition) is 6. The maximum Gasteiger partial charge on any atom is 0.262 e. The van der Waals surface area contributed by atoms with Crippen LogP contribution in [0.25, 0.3) is 0 Å². The molecule has 0 saturated carbocycles. The van der Waals surface area contributed by atoms with Gasteiger partial charge in [0.15, 0.2) is 18.1 Å². The van der Waals surface area contributed by atoms with Gasteiger partial charge in [0, 0.05) is 24.8 Å². The van der Waals surface area contributed by atoms with Crippen LogP contribution in [0.5, 0.6) is 17.2 Å². The zero-order chi connectivity index (χ0) is 23.0. The van der Waals surface area contributed by atoms with Gasteiger partial charge in [-0.05, 0) is 49.2 Å². The molecule has 8 nitrogen and oxygen atoms in total. The monoisotopic (exact) mass is 462 g/mol. The molecule has 1 aliphatic heterocycles. The number of rotatable bonds is 12. The molecule has 0 aliphatic carbocycles. The summed E-state index contributed by atoms with van der Waals surface area (Å²) < 4.78 is 43.6. The molecule has 0 bridgehead atoms. The van der Waals surface area contributed by atoms with E-state index in [9.17, 15) is 13.2 Å². The molecule has 174 valence electrons.